The monoisotopic (exact) mass is 407 g/mol. The Morgan fingerprint density at radius 3 is 2.68 bits per heavy atom. The lowest BCUT2D eigenvalue weighted by Gasteiger charge is -2.14. The molecule has 1 aromatic carbocycles. The highest BCUT2D eigenvalue weighted by Gasteiger charge is 2.21. The highest BCUT2D eigenvalue weighted by Crippen LogP contribution is 2.28. The van der Waals surface area contributed by atoms with Gasteiger partial charge in [0.15, 0.2) is 0 Å². The van der Waals surface area contributed by atoms with Crippen molar-refractivity contribution < 1.29 is 17.9 Å². The Hall–Kier alpha value is -2.39. The van der Waals surface area contributed by atoms with E-state index in [-0.39, 0.29) is 29.3 Å². The predicted molar refractivity (Wildman–Crippen MR) is 104 cm³/mol. The minimum absolute atomic E-state index is 0.0343. The molecule has 0 fully saturated rings. The van der Waals surface area contributed by atoms with E-state index >= 15 is 0 Å². The second kappa shape index (κ2) is 8.74. The van der Waals surface area contributed by atoms with Crippen molar-refractivity contribution in [3.05, 3.63) is 45.9 Å². The van der Waals surface area contributed by atoms with Crippen LogP contribution in [-0.2, 0) is 29.4 Å². The molecule has 0 saturated carbocycles. The molecule has 3 rings (SSSR count). The van der Waals surface area contributed by atoms with Crippen molar-refractivity contribution in [1.29, 1.82) is 0 Å². The van der Waals surface area contributed by atoms with Crippen molar-refractivity contribution >= 4 is 10.0 Å². The van der Waals surface area contributed by atoms with Gasteiger partial charge in [0.2, 0.25) is 10.0 Å². The molecular formula is C19H25N3O5S. The lowest BCUT2D eigenvalue weighted by atomic mass is 10.2. The number of nitrogens with one attached hydrogen (secondary N) is 1. The van der Waals surface area contributed by atoms with Crippen molar-refractivity contribution in [2.45, 2.75) is 44.6 Å². The van der Waals surface area contributed by atoms with Gasteiger partial charge in [-0.2, -0.15) is 5.10 Å². The van der Waals surface area contributed by atoms with Crippen molar-refractivity contribution in [2.75, 3.05) is 19.8 Å². The van der Waals surface area contributed by atoms with Crippen LogP contribution in [0.2, 0.25) is 0 Å². The van der Waals surface area contributed by atoms with Crippen LogP contribution >= 0.6 is 0 Å². The van der Waals surface area contributed by atoms with Gasteiger partial charge in [-0.25, -0.2) is 17.8 Å². The minimum Gasteiger partial charge on any atom is -0.494 e. The number of hydrogen-bond donors (Lipinski definition) is 1. The van der Waals surface area contributed by atoms with E-state index in [1.54, 1.807) is 25.1 Å². The third kappa shape index (κ3) is 4.53. The summed E-state index contributed by atoms with van der Waals surface area (Å²) >= 11 is 0. The van der Waals surface area contributed by atoms with Gasteiger partial charge in [0.05, 0.1) is 25.5 Å². The summed E-state index contributed by atoms with van der Waals surface area (Å²) in [5.41, 5.74) is 1.71. The summed E-state index contributed by atoms with van der Waals surface area (Å²) in [7, 11) is -3.81. The van der Waals surface area contributed by atoms with Crippen LogP contribution in [-0.4, -0.2) is 38.0 Å². The maximum Gasteiger partial charge on any atom is 0.267 e. The third-order valence-corrected chi connectivity index (χ3v) is 5.96. The predicted octanol–water partition coefficient (Wildman–Crippen LogP) is 1.51. The Kier molecular flexibility index (Phi) is 6.35. The molecule has 0 bridgehead atoms. The topological polar surface area (TPSA) is 99.5 Å². The fourth-order valence-electron chi connectivity index (χ4n) is 3.20. The van der Waals surface area contributed by atoms with Crippen molar-refractivity contribution in [3.8, 4) is 11.5 Å². The molecule has 0 spiro atoms. The number of aryl methyl sites for hydroxylation is 2. The van der Waals surface area contributed by atoms with Gasteiger partial charge >= 0.3 is 0 Å². The fraction of sp³-hybridized carbons (Fsp3) is 0.474. The van der Waals surface area contributed by atoms with Crippen LogP contribution in [0.25, 0.3) is 0 Å². The zero-order valence-electron chi connectivity index (χ0n) is 16.1. The molecule has 1 aromatic heterocycles. The van der Waals surface area contributed by atoms with E-state index < -0.39 is 10.0 Å². The van der Waals surface area contributed by atoms with Gasteiger partial charge < -0.3 is 9.47 Å². The average molecular weight is 407 g/mol. The summed E-state index contributed by atoms with van der Waals surface area (Å²) in [4.78, 5) is 12.2. The molecule has 0 radical (unpaired) electrons. The number of rotatable bonds is 9. The zero-order valence-corrected chi connectivity index (χ0v) is 16.9. The van der Waals surface area contributed by atoms with Crippen molar-refractivity contribution in [3.63, 3.8) is 0 Å². The first-order valence-corrected chi connectivity index (χ1v) is 10.9. The molecule has 0 unspecified atom stereocenters. The largest absolute Gasteiger partial charge is 0.494 e. The summed E-state index contributed by atoms with van der Waals surface area (Å²) in [5, 5.41) is 4.35. The molecule has 1 N–H and O–H groups in total. The Balaban J connectivity index is 1.73. The Morgan fingerprint density at radius 1 is 1.14 bits per heavy atom. The Bertz CT molecular complexity index is 1000. The lowest BCUT2D eigenvalue weighted by molar-refractivity contribution is 0.317. The maximum atomic E-state index is 12.7. The molecule has 152 valence electrons. The molecule has 0 amide bonds. The van der Waals surface area contributed by atoms with E-state index in [2.05, 4.69) is 9.82 Å². The van der Waals surface area contributed by atoms with E-state index in [0.717, 1.165) is 30.5 Å². The van der Waals surface area contributed by atoms with Crippen LogP contribution in [0.5, 0.6) is 11.5 Å². The number of sulfonamides is 1. The Morgan fingerprint density at radius 2 is 1.93 bits per heavy atom. The SMILES string of the molecule is CCOc1ccc(S(=O)(=O)NCCn2nc3c(cc2=O)CCC3)c(OCC)c1. The second-order valence-electron chi connectivity index (χ2n) is 6.40. The first kappa shape index (κ1) is 20.3. The maximum absolute atomic E-state index is 12.7. The van der Waals surface area contributed by atoms with Gasteiger partial charge in [0.25, 0.3) is 5.56 Å². The van der Waals surface area contributed by atoms with E-state index in [1.165, 1.54) is 10.7 Å². The van der Waals surface area contributed by atoms with Gasteiger partial charge in [0.1, 0.15) is 16.4 Å². The first-order valence-electron chi connectivity index (χ1n) is 9.44. The number of benzene rings is 1. The lowest BCUT2D eigenvalue weighted by Crippen LogP contribution is -2.32. The smallest absolute Gasteiger partial charge is 0.267 e. The van der Waals surface area contributed by atoms with Crippen LogP contribution in [0, 0.1) is 0 Å². The van der Waals surface area contributed by atoms with Crippen LogP contribution in [0.15, 0.2) is 34.0 Å². The van der Waals surface area contributed by atoms with Crippen LogP contribution < -0.4 is 19.8 Å². The van der Waals surface area contributed by atoms with E-state index in [0.29, 0.717) is 19.0 Å². The number of ether oxygens (including phenoxy) is 2. The minimum atomic E-state index is -3.81. The second-order valence-corrected chi connectivity index (χ2v) is 8.14. The molecule has 0 aliphatic heterocycles. The zero-order chi connectivity index (χ0) is 20.1. The summed E-state index contributed by atoms with van der Waals surface area (Å²) in [6.45, 7) is 4.63. The van der Waals surface area contributed by atoms with Gasteiger partial charge in [0, 0.05) is 18.7 Å². The molecule has 9 heteroatoms. The van der Waals surface area contributed by atoms with E-state index in [9.17, 15) is 13.2 Å². The van der Waals surface area contributed by atoms with Gasteiger partial charge in [-0.3, -0.25) is 4.79 Å². The number of aromatic nitrogens is 2. The van der Waals surface area contributed by atoms with Crippen LogP contribution in [0.1, 0.15) is 31.5 Å². The molecule has 1 aliphatic rings. The van der Waals surface area contributed by atoms with Gasteiger partial charge in [-0.05, 0) is 50.8 Å². The molecule has 8 nitrogen and oxygen atoms in total. The Labute approximate surface area is 164 Å². The molecule has 0 atom stereocenters. The summed E-state index contributed by atoms with van der Waals surface area (Å²) < 4.78 is 40.2. The summed E-state index contributed by atoms with van der Waals surface area (Å²) in [5.74, 6) is 0.771. The summed E-state index contributed by atoms with van der Waals surface area (Å²) in [6.07, 6.45) is 2.73. The van der Waals surface area contributed by atoms with Crippen LogP contribution in [0.3, 0.4) is 0 Å². The molecular weight excluding hydrogens is 382 g/mol. The summed E-state index contributed by atoms with van der Waals surface area (Å²) in [6, 6.07) is 6.21. The quantitative estimate of drug-likeness (QED) is 0.676. The van der Waals surface area contributed by atoms with E-state index in [4.69, 9.17) is 9.47 Å². The first-order chi connectivity index (χ1) is 13.4. The number of hydrogen-bond acceptors (Lipinski definition) is 6. The third-order valence-electron chi connectivity index (χ3n) is 4.46. The highest BCUT2D eigenvalue weighted by molar-refractivity contribution is 7.89. The average Bonchev–Trinajstić information content (AvgIpc) is 3.09. The van der Waals surface area contributed by atoms with Crippen molar-refractivity contribution in [2.24, 2.45) is 0 Å². The molecule has 1 heterocycles. The molecule has 1 aliphatic carbocycles. The van der Waals surface area contributed by atoms with Crippen molar-refractivity contribution in [1.82, 2.24) is 14.5 Å². The van der Waals surface area contributed by atoms with E-state index in [1.807, 2.05) is 6.92 Å². The molecule has 28 heavy (non-hydrogen) atoms. The fourth-order valence-corrected chi connectivity index (χ4v) is 4.34. The standard InChI is InChI=1S/C19H25N3O5S/c1-3-26-15-8-9-18(17(13-15)27-4-2)28(24,25)20-10-11-22-19(23)12-14-6-5-7-16(14)21-22/h8-9,12-13,20H,3-7,10-11H2,1-2H3. The van der Waals surface area contributed by atoms with Crippen LogP contribution in [0.4, 0.5) is 0 Å². The van der Waals surface area contributed by atoms with Gasteiger partial charge in [-0.15, -0.1) is 0 Å². The molecule has 2 aromatic rings. The normalized spacial score (nSPS) is 13.4. The number of nitrogens with zero attached hydrogens (tertiary/aromatic N) is 2. The highest BCUT2D eigenvalue weighted by atomic mass is 32.2. The molecule has 0 saturated heterocycles. The van der Waals surface area contributed by atoms with Gasteiger partial charge in [-0.1, -0.05) is 0 Å². The number of fused-ring (bicyclic) bond motifs is 1.